The van der Waals surface area contributed by atoms with E-state index < -0.39 is 0 Å². The van der Waals surface area contributed by atoms with E-state index in [4.69, 9.17) is 4.74 Å². The number of para-hydroxylation sites is 1. The van der Waals surface area contributed by atoms with Crippen LogP contribution in [0.15, 0.2) is 85.1 Å². The van der Waals surface area contributed by atoms with E-state index in [0.29, 0.717) is 22.6 Å². The van der Waals surface area contributed by atoms with E-state index >= 15 is 0 Å². The first kappa shape index (κ1) is 18.2. The van der Waals surface area contributed by atoms with Crippen LogP contribution in [0.2, 0.25) is 0 Å². The van der Waals surface area contributed by atoms with E-state index in [9.17, 15) is 10.1 Å². The monoisotopic (exact) mass is 379 g/mol. The van der Waals surface area contributed by atoms with Crippen molar-refractivity contribution in [3.05, 3.63) is 102 Å². The molecule has 4 rings (SSSR count). The zero-order valence-electron chi connectivity index (χ0n) is 15.5. The number of aromatic nitrogens is 1. The summed E-state index contributed by atoms with van der Waals surface area (Å²) in [6.45, 7) is 0.253. The summed E-state index contributed by atoms with van der Waals surface area (Å²) in [6, 6.07) is 26.0. The summed E-state index contributed by atoms with van der Waals surface area (Å²) >= 11 is 0. The third-order valence-corrected chi connectivity index (χ3v) is 4.48. The van der Waals surface area contributed by atoms with Gasteiger partial charge in [0.25, 0.3) is 5.91 Å². The van der Waals surface area contributed by atoms with Crippen LogP contribution in [0.5, 0.6) is 5.75 Å². The molecule has 29 heavy (non-hydrogen) atoms. The minimum Gasteiger partial charge on any atom is -0.489 e. The molecular formula is C24H17N3O2. The summed E-state index contributed by atoms with van der Waals surface area (Å²) in [5, 5.41) is 13.0. The Balaban J connectivity index is 1.47. The van der Waals surface area contributed by atoms with Gasteiger partial charge in [-0.15, -0.1) is 0 Å². The number of benzene rings is 3. The molecule has 0 radical (unpaired) electrons. The number of rotatable bonds is 5. The molecule has 3 aromatic carbocycles. The van der Waals surface area contributed by atoms with Crippen LogP contribution in [0.1, 0.15) is 21.5 Å². The second kappa shape index (κ2) is 8.24. The highest BCUT2D eigenvalue weighted by Crippen LogP contribution is 2.19. The van der Waals surface area contributed by atoms with Gasteiger partial charge in [-0.3, -0.25) is 9.78 Å². The Hall–Kier alpha value is -4.17. The molecule has 0 aliphatic heterocycles. The number of carbonyl (C=O) groups excluding carboxylic acids is 1. The second-order valence-corrected chi connectivity index (χ2v) is 6.46. The SMILES string of the molecule is N#Cc1ccccc1COc1cccc(C(=O)Nc2cnc3ccccc3c2)c1. The molecule has 0 atom stereocenters. The number of anilines is 1. The van der Waals surface area contributed by atoms with Crippen molar-refractivity contribution in [1.29, 1.82) is 5.26 Å². The highest BCUT2D eigenvalue weighted by atomic mass is 16.5. The highest BCUT2D eigenvalue weighted by molar-refractivity contribution is 6.05. The third kappa shape index (κ3) is 4.23. The molecule has 1 aromatic heterocycles. The van der Waals surface area contributed by atoms with Crippen LogP contribution < -0.4 is 10.1 Å². The van der Waals surface area contributed by atoms with Crippen LogP contribution in [0.25, 0.3) is 10.9 Å². The van der Waals surface area contributed by atoms with Crippen molar-refractivity contribution >= 4 is 22.5 Å². The van der Waals surface area contributed by atoms with Crippen molar-refractivity contribution in [2.45, 2.75) is 6.61 Å². The lowest BCUT2D eigenvalue weighted by molar-refractivity contribution is 0.102. The van der Waals surface area contributed by atoms with Crippen molar-refractivity contribution in [3.63, 3.8) is 0 Å². The summed E-state index contributed by atoms with van der Waals surface area (Å²) in [7, 11) is 0. The smallest absolute Gasteiger partial charge is 0.255 e. The number of hydrogen-bond acceptors (Lipinski definition) is 4. The van der Waals surface area contributed by atoms with Gasteiger partial charge in [-0.25, -0.2) is 0 Å². The van der Waals surface area contributed by atoms with Gasteiger partial charge in [0.15, 0.2) is 0 Å². The molecule has 0 bridgehead atoms. The Kier molecular flexibility index (Phi) is 5.17. The standard InChI is InChI=1S/C24H17N3O2/c25-14-19-7-1-2-8-20(19)16-29-22-10-5-9-18(13-22)24(28)27-21-12-17-6-3-4-11-23(17)26-15-21/h1-13,15H,16H2,(H,27,28). The number of nitrogens with one attached hydrogen (secondary N) is 1. The van der Waals surface area contributed by atoms with Gasteiger partial charge in [0.2, 0.25) is 0 Å². The average molecular weight is 379 g/mol. The number of ether oxygens (including phenoxy) is 1. The van der Waals surface area contributed by atoms with Crippen LogP contribution >= 0.6 is 0 Å². The minimum absolute atomic E-state index is 0.245. The lowest BCUT2D eigenvalue weighted by atomic mass is 10.1. The molecule has 140 valence electrons. The van der Waals surface area contributed by atoms with Crippen LogP contribution in [0.4, 0.5) is 5.69 Å². The minimum atomic E-state index is -0.245. The first-order valence-electron chi connectivity index (χ1n) is 9.10. The van der Waals surface area contributed by atoms with Crippen LogP contribution in [0.3, 0.4) is 0 Å². The predicted molar refractivity (Wildman–Crippen MR) is 112 cm³/mol. The van der Waals surface area contributed by atoms with Crippen LogP contribution in [-0.2, 0) is 6.61 Å². The van der Waals surface area contributed by atoms with Gasteiger partial charge in [0, 0.05) is 16.5 Å². The summed E-state index contributed by atoms with van der Waals surface area (Å²) in [5.74, 6) is 0.312. The molecule has 0 aliphatic carbocycles. The number of nitrogens with zero attached hydrogens (tertiary/aromatic N) is 2. The largest absolute Gasteiger partial charge is 0.489 e. The van der Waals surface area contributed by atoms with Gasteiger partial charge in [0.05, 0.1) is 29.0 Å². The Morgan fingerprint density at radius 1 is 1.00 bits per heavy atom. The van der Waals surface area contributed by atoms with Gasteiger partial charge < -0.3 is 10.1 Å². The fraction of sp³-hybridized carbons (Fsp3) is 0.0417. The lowest BCUT2D eigenvalue weighted by Gasteiger charge is -2.10. The van der Waals surface area contributed by atoms with E-state index in [1.807, 2.05) is 48.5 Å². The first-order valence-corrected chi connectivity index (χ1v) is 9.10. The number of pyridine rings is 1. The van der Waals surface area contributed by atoms with Gasteiger partial charge >= 0.3 is 0 Å². The van der Waals surface area contributed by atoms with E-state index in [1.54, 1.807) is 36.5 Å². The molecule has 0 saturated heterocycles. The van der Waals surface area contributed by atoms with Crippen LogP contribution in [-0.4, -0.2) is 10.9 Å². The zero-order valence-corrected chi connectivity index (χ0v) is 15.5. The van der Waals surface area contributed by atoms with Crippen molar-refractivity contribution in [2.75, 3.05) is 5.32 Å². The van der Waals surface area contributed by atoms with Crippen molar-refractivity contribution in [2.24, 2.45) is 0 Å². The molecule has 1 heterocycles. The number of amides is 1. The maximum Gasteiger partial charge on any atom is 0.255 e. The molecule has 0 spiro atoms. The summed E-state index contributed by atoms with van der Waals surface area (Å²) in [6.07, 6.45) is 1.64. The summed E-state index contributed by atoms with van der Waals surface area (Å²) in [4.78, 5) is 17.0. The Morgan fingerprint density at radius 2 is 1.83 bits per heavy atom. The van der Waals surface area contributed by atoms with Gasteiger partial charge in [-0.1, -0.05) is 42.5 Å². The average Bonchev–Trinajstić information content (AvgIpc) is 2.78. The molecule has 0 unspecified atom stereocenters. The molecular weight excluding hydrogens is 362 g/mol. The lowest BCUT2D eigenvalue weighted by Crippen LogP contribution is -2.12. The maximum atomic E-state index is 12.6. The molecule has 5 nitrogen and oxygen atoms in total. The fourth-order valence-electron chi connectivity index (χ4n) is 2.99. The van der Waals surface area contributed by atoms with Crippen LogP contribution in [0, 0.1) is 11.3 Å². The molecule has 0 fully saturated rings. The number of carbonyl (C=O) groups is 1. The van der Waals surface area contributed by atoms with E-state index in [0.717, 1.165) is 16.5 Å². The van der Waals surface area contributed by atoms with Gasteiger partial charge in [-0.05, 0) is 36.4 Å². The number of fused-ring (bicyclic) bond motifs is 1. The van der Waals surface area contributed by atoms with E-state index in [-0.39, 0.29) is 12.5 Å². The Morgan fingerprint density at radius 3 is 2.72 bits per heavy atom. The molecule has 1 N–H and O–H groups in total. The Bertz CT molecular complexity index is 1230. The highest BCUT2D eigenvalue weighted by Gasteiger charge is 2.09. The summed E-state index contributed by atoms with van der Waals surface area (Å²) < 4.78 is 5.79. The van der Waals surface area contributed by atoms with E-state index in [1.165, 1.54) is 0 Å². The molecule has 1 amide bonds. The van der Waals surface area contributed by atoms with E-state index in [2.05, 4.69) is 16.4 Å². The zero-order chi connectivity index (χ0) is 20.1. The second-order valence-electron chi connectivity index (χ2n) is 6.46. The Labute approximate surface area is 168 Å². The molecule has 4 aromatic rings. The fourth-order valence-corrected chi connectivity index (χ4v) is 2.99. The quantitative estimate of drug-likeness (QED) is 0.533. The van der Waals surface area contributed by atoms with Gasteiger partial charge in [0.1, 0.15) is 12.4 Å². The topological polar surface area (TPSA) is 75.0 Å². The van der Waals surface area contributed by atoms with Gasteiger partial charge in [-0.2, -0.15) is 5.26 Å². The van der Waals surface area contributed by atoms with Crippen molar-refractivity contribution in [3.8, 4) is 11.8 Å². The van der Waals surface area contributed by atoms with Crippen molar-refractivity contribution in [1.82, 2.24) is 4.98 Å². The molecule has 0 saturated carbocycles. The number of hydrogen-bond donors (Lipinski definition) is 1. The maximum absolute atomic E-state index is 12.6. The summed E-state index contributed by atoms with van der Waals surface area (Å²) in [5.41, 5.74) is 3.35. The number of nitriles is 1. The predicted octanol–water partition coefficient (Wildman–Crippen LogP) is 4.94. The normalized spacial score (nSPS) is 10.3. The van der Waals surface area contributed by atoms with Crippen molar-refractivity contribution < 1.29 is 9.53 Å². The third-order valence-electron chi connectivity index (χ3n) is 4.48. The molecule has 0 aliphatic rings. The first-order chi connectivity index (χ1) is 14.2. The molecule has 5 heteroatoms.